The van der Waals surface area contributed by atoms with Gasteiger partial charge in [-0.05, 0) is 71.8 Å². The van der Waals surface area contributed by atoms with E-state index in [1.54, 1.807) is 19.1 Å². The maximum Gasteiger partial charge on any atom is 0.259 e. The normalized spacial score (nSPS) is 23.4. The molecular weight excluding hydrogens is 464 g/mol. The molecule has 2 amide bonds. The second-order valence-electron chi connectivity index (χ2n) is 10.3. The first-order valence-corrected chi connectivity index (χ1v) is 12.9. The first-order valence-electron chi connectivity index (χ1n) is 12.9. The number of likely N-dealkylation sites (tertiary alicyclic amines) is 1. The Bertz CT molecular complexity index is 1260. The molecule has 3 aromatic carbocycles. The molecule has 0 aromatic heterocycles. The number of ether oxygens (including phenoxy) is 2. The summed E-state index contributed by atoms with van der Waals surface area (Å²) < 4.78 is 10.8. The lowest BCUT2D eigenvalue weighted by molar-refractivity contribution is -0.136. The third kappa shape index (κ3) is 4.68. The molecule has 0 bridgehead atoms. The van der Waals surface area contributed by atoms with Crippen molar-refractivity contribution in [2.75, 3.05) is 32.2 Å². The van der Waals surface area contributed by atoms with Crippen LogP contribution in [0.3, 0.4) is 0 Å². The Hall–Kier alpha value is -3.80. The van der Waals surface area contributed by atoms with E-state index in [-0.39, 0.29) is 11.8 Å². The fraction of sp³-hybridized carbons (Fsp3) is 0.355. The van der Waals surface area contributed by atoms with Gasteiger partial charge in [0.25, 0.3) is 5.91 Å². The van der Waals surface area contributed by atoms with Gasteiger partial charge in [0.2, 0.25) is 5.91 Å². The molecule has 2 aliphatic rings. The molecule has 3 aromatic rings. The molecule has 4 unspecified atom stereocenters. The summed E-state index contributed by atoms with van der Waals surface area (Å²) in [5, 5.41) is 0. The number of benzene rings is 3. The summed E-state index contributed by atoms with van der Waals surface area (Å²) in [5.74, 6) is 1.71. The van der Waals surface area contributed by atoms with Crippen molar-refractivity contribution < 1.29 is 19.1 Å². The molecule has 1 saturated heterocycles. The average Bonchev–Trinajstić information content (AvgIpc) is 2.92. The molecule has 1 fully saturated rings. The summed E-state index contributed by atoms with van der Waals surface area (Å²) >= 11 is 0. The van der Waals surface area contributed by atoms with Crippen molar-refractivity contribution in [3.8, 4) is 11.5 Å². The van der Waals surface area contributed by atoms with Gasteiger partial charge >= 0.3 is 0 Å². The van der Waals surface area contributed by atoms with Crippen LogP contribution >= 0.6 is 0 Å². The van der Waals surface area contributed by atoms with Crippen LogP contribution in [0.1, 0.15) is 53.7 Å². The van der Waals surface area contributed by atoms with Gasteiger partial charge in [0.05, 0.1) is 26.2 Å². The molecule has 0 N–H and O–H groups in total. The van der Waals surface area contributed by atoms with Crippen LogP contribution in [0.25, 0.3) is 0 Å². The zero-order valence-corrected chi connectivity index (χ0v) is 21.9. The number of hydrogen-bond donors (Lipinski definition) is 0. The SMILES string of the molecule is COc1ccc(C2C(C(=O)N3CC(C)CC(C)C3)c3ccccc3C(=O)N2c2ccc(OC)cc2)cc1. The van der Waals surface area contributed by atoms with E-state index < -0.39 is 12.0 Å². The lowest BCUT2D eigenvalue weighted by atomic mass is 9.78. The van der Waals surface area contributed by atoms with E-state index in [0.29, 0.717) is 23.1 Å². The Kier molecular flexibility index (Phi) is 6.92. The Morgan fingerprint density at radius 2 is 1.38 bits per heavy atom. The predicted molar refractivity (Wildman–Crippen MR) is 144 cm³/mol. The fourth-order valence-electron chi connectivity index (χ4n) is 6.01. The van der Waals surface area contributed by atoms with Crippen molar-refractivity contribution in [3.05, 3.63) is 89.5 Å². The molecule has 192 valence electrons. The number of hydrogen-bond acceptors (Lipinski definition) is 4. The molecule has 0 aliphatic carbocycles. The van der Waals surface area contributed by atoms with Crippen LogP contribution in [0.5, 0.6) is 11.5 Å². The molecule has 6 nitrogen and oxygen atoms in total. The number of anilines is 1. The van der Waals surface area contributed by atoms with Gasteiger partial charge in [-0.2, -0.15) is 0 Å². The standard InChI is InChI=1S/C31H34N2O4/c1-20-17-21(2)19-32(18-20)31(35)28-26-7-5-6-8-27(26)30(34)33(23-11-15-25(37-4)16-12-23)29(28)22-9-13-24(36-3)14-10-22/h5-16,20-21,28-29H,17-19H2,1-4H3. The number of carbonyl (C=O) groups is 2. The molecule has 37 heavy (non-hydrogen) atoms. The zero-order valence-electron chi connectivity index (χ0n) is 21.9. The molecule has 6 heteroatoms. The molecule has 5 rings (SSSR count). The van der Waals surface area contributed by atoms with Crippen LogP contribution in [-0.4, -0.2) is 44.0 Å². The maximum absolute atomic E-state index is 14.4. The molecule has 2 aliphatic heterocycles. The highest BCUT2D eigenvalue weighted by Crippen LogP contribution is 2.46. The minimum atomic E-state index is -0.540. The number of piperidine rings is 1. The first-order chi connectivity index (χ1) is 17.9. The molecular formula is C31H34N2O4. The summed E-state index contributed by atoms with van der Waals surface area (Å²) in [6, 6.07) is 22.2. The number of rotatable bonds is 5. The van der Waals surface area contributed by atoms with Crippen molar-refractivity contribution in [1.82, 2.24) is 4.90 Å². The number of nitrogens with zero attached hydrogens (tertiary/aromatic N) is 2. The molecule has 4 atom stereocenters. The Balaban J connectivity index is 1.69. The molecule has 0 saturated carbocycles. The van der Waals surface area contributed by atoms with E-state index in [4.69, 9.17) is 9.47 Å². The van der Waals surface area contributed by atoms with E-state index in [0.717, 1.165) is 42.1 Å². The highest BCUT2D eigenvalue weighted by atomic mass is 16.5. The van der Waals surface area contributed by atoms with Crippen LogP contribution in [0.4, 0.5) is 5.69 Å². The Labute approximate surface area is 218 Å². The van der Waals surface area contributed by atoms with Gasteiger partial charge in [0.1, 0.15) is 11.5 Å². The zero-order chi connectivity index (χ0) is 26.1. The van der Waals surface area contributed by atoms with E-state index >= 15 is 0 Å². The van der Waals surface area contributed by atoms with E-state index in [2.05, 4.69) is 13.8 Å². The van der Waals surface area contributed by atoms with Crippen molar-refractivity contribution >= 4 is 17.5 Å². The van der Waals surface area contributed by atoms with Crippen molar-refractivity contribution in [1.29, 1.82) is 0 Å². The van der Waals surface area contributed by atoms with Gasteiger partial charge in [0.15, 0.2) is 0 Å². The van der Waals surface area contributed by atoms with Gasteiger partial charge in [-0.3, -0.25) is 14.5 Å². The first kappa shape index (κ1) is 24.9. The monoisotopic (exact) mass is 498 g/mol. The number of methoxy groups -OCH3 is 2. The largest absolute Gasteiger partial charge is 0.497 e. The van der Waals surface area contributed by atoms with Crippen molar-refractivity contribution in [3.63, 3.8) is 0 Å². The van der Waals surface area contributed by atoms with Crippen LogP contribution in [-0.2, 0) is 4.79 Å². The van der Waals surface area contributed by atoms with Crippen LogP contribution < -0.4 is 14.4 Å². The summed E-state index contributed by atoms with van der Waals surface area (Å²) in [5.41, 5.74) is 2.96. The lowest BCUT2D eigenvalue weighted by Crippen LogP contribution is -2.51. The van der Waals surface area contributed by atoms with Crippen molar-refractivity contribution in [2.45, 2.75) is 32.2 Å². The maximum atomic E-state index is 14.4. The Morgan fingerprint density at radius 1 is 0.811 bits per heavy atom. The van der Waals surface area contributed by atoms with Gasteiger partial charge in [0, 0.05) is 24.3 Å². The number of carbonyl (C=O) groups excluding carboxylic acids is 2. The fourth-order valence-corrected chi connectivity index (χ4v) is 6.01. The molecule has 0 spiro atoms. The number of amides is 2. The highest BCUT2D eigenvalue weighted by molar-refractivity contribution is 6.11. The van der Waals surface area contributed by atoms with Gasteiger partial charge < -0.3 is 14.4 Å². The highest BCUT2D eigenvalue weighted by Gasteiger charge is 2.46. The number of fused-ring (bicyclic) bond motifs is 1. The molecule has 2 heterocycles. The van der Waals surface area contributed by atoms with E-state index in [1.165, 1.54) is 0 Å². The topological polar surface area (TPSA) is 59.1 Å². The van der Waals surface area contributed by atoms with Crippen LogP contribution in [0.2, 0.25) is 0 Å². The molecule has 0 radical (unpaired) electrons. The van der Waals surface area contributed by atoms with Crippen LogP contribution in [0.15, 0.2) is 72.8 Å². The second-order valence-corrected chi connectivity index (χ2v) is 10.3. The summed E-state index contributed by atoms with van der Waals surface area (Å²) in [7, 11) is 3.25. The third-order valence-electron chi connectivity index (χ3n) is 7.59. The minimum absolute atomic E-state index is 0.0673. The van der Waals surface area contributed by atoms with Gasteiger partial charge in [-0.1, -0.05) is 44.2 Å². The minimum Gasteiger partial charge on any atom is -0.497 e. The smallest absolute Gasteiger partial charge is 0.259 e. The van der Waals surface area contributed by atoms with E-state index in [1.807, 2.05) is 77.7 Å². The van der Waals surface area contributed by atoms with Gasteiger partial charge in [-0.25, -0.2) is 0 Å². The second kappa shape index (κ2) is 10.3. The third-order valence-corrected chi connectivity index (χ3v) is 7.59. The quantitative estimate of drug-likeness (QED) is 0.453. The summed E-state index contributed by atoms with van der Waals surface area (Å²) in [6.07, 6.45) is 1.11. The Morgan fingerprint density at radius 3 is 1.97 bits per heavy atom. The summed E-state index contributed by atoms with van der Waals surface area (Å²) in [6.45, 7) is 5.87. The van der Waals surface area contributed by atoms with E-state index in [9.17, 15) is 9.59 Å². The van der Waals surface area contributed by atoms with Gasteiger partial charge in [-0.15, -0.1) is 0 Å². The predicted octanol–water partition coefficient (Wildman–Crippen LogP) is 5.69. The average molecular weight is 499 g/mol. The van der Waals surface area contributed by atoms with Crippen LogP contribution in [0, 0.1) is 11.8 Å². The summed E-state index contributed by atoms with van der Waals surface area (Å²) in [4.78, 5) is 32.3. The lowest BCUT2D eigenvalue weighted by Gasteiger charge is -2.45. The van der Waals surface area contributed by atoms with Crippen molar-refractivity contribution in [2.24, 2.45) is 11.8 Å².